The standard InChI is InChI=1S/C8H4F4N2O2.Na.H/c9-3-1(7(13)15)4(10)6(12)2(5(3)11)8(14)16;;/h(H2,13,15)(H2,14,16);;. The van der Waals surface area contributed by atoms with Gasteiger partial charge in [0.2, 0.25) is 0 Å². The Morgan fingerprint density at radius 1 is 0.706 bits per heavy atom. The summed E-state index contributed by atoms with van der Waals surface area (Å²) in [5.74, 6) is -11.6. The summed E-state index contributed by atoms with van der Waals surface area (Å²) in [5, 5.41) is 0. The van der Waals surface area contributed by atoms with Crippen LogP contribution in [0.1, 0.15) is 20.7 Å². The Labute approximate surface area is 114 Å². The molecule has 1 rings (SSSR count). The van der Waals surface area contributed by atoms with Crippen LogP contribution in [0.5, 0.6) is 0 Å². The van der Waals surface area contributed by atoms with Gasteiger partial charge in [-0.2, -0.15) is 0 Å². The molecule has 0 spiro atoms. The topological polar surface area (TPSA) is 86.2 Å². The SMILES string of the molecule is NC(=O)c1c(F)c(F)c(C(N)=O)c(F)c1F.[NaH]. The minimum absolute atomic E-state index is 0. The van der Waals surface area contributed by atoms with Gasteiger partial charge in [0.25, 0.3) is 11.8 Å². The van der Waals surface area contributed by atoms with E-state index in [0.717, 1.165) is 0 Å². The minimum atomic E-state index is -2.06. The summed E-state index contributed by atoms with van der Waals surface area (Å²) >= 11 is 0. The molecule has 4 nitrogen and oxygen atoms in total. The number of carbonyl (C=O) groups excluding carboxylic acids is 2. The molecule has 0 aliphatic rings. The van der Waals surface area contributed by atoms with E-state index < -0.39 is 46.2 Å². The van der Waals surface area contributed by atoms with Crippen molar-refractivity contribution in [3.8, 4) is 0 Å². The number of benzene rings is 1. The van der Waals surface area contributed by atoms with Crippen LogP contribution in [0.2, 0.25) is 0 Å². The molecular weight excluding hydrogens is 255 g/mol. The maximum atomic E-state index is 13.0. The van der Waals surface area contributed by atoms with Crippen molar-refractivity contribution >= 4 is 41.4 Å². The van der Waals surface area contributed by atoms with Gasteiger partial charge in [-0.1, -0.05) is 0 Å². The summed E-state index contributed by atoms with van der Waals surface area (Å²) < 4.78 is 52.1. The number of carbonyl (C=O) groups is 2. The van der Waals surface area contributed by atoms with Crippen molar-refractivity contribution in [3.63, 3.8) is 0 Å². The summed E-state index contributed by atoms with van der Waals surface area (Å²) in [5.41, 5.74) is 5.83. The van der Waals surface area contributed by atoms with Crippen molar-refractivity contribution in [3.05, 3.63) is 34.4 Å². The van der Waals surface area contributed by atoms with Gasteiger partial charge < -0.3 is 11.5 Å². The van der Waals surface area contributed by atoms with Gasteiger partial charge in [0, 0.05) is 0 Å². The molecule has 0 heterocycles. The second-order valence-corrected chi connectivity index (χ2v) is 2.73. The molecule has 88 valence electrons. The molecule has 1 aromatic carbocycles. The van der Waals surface area contributed by atoms with Crippen LogP contribution in [0.4, 0.5) is 17.6 Å². The molecule has 0 atom stereocenters. The maximum absolute atomic E-state index is 13.0. The van der Waals surface area contributed by atoms with E-state index >= 15 is 0 Å². The fourth-order valence-corrected chi connectivity index (χ4v) is 1.06. The number of hydrogen-bond donors (Lipinski definition) is 2. The summed E-state index contributed by atoms with van der Waals surface area (Å²) in [6.07, 6.45) is 0. The third-order valence-electron chi connectivity index (χ3n) is 1.76. The van der Waals surface area contributed by atoms with Crippen LogP contribution in [-0.4, -0.2) is 41.4 Å². The molecule has 0 aliphatic carbocycles. The number of rotatable bonds is 2. The van der Waals surface area contributed by atoms with Crippen LogP contribution in [0.15, 0.2) is 0 Å². The summed E-state index contributed by atoms with van der Waals surface area (Å²) in [6, 6.07) is 0. The van der Waals surface area contributed by atoms with E-state index in [4.69, 9.17) is 0 Å². The first-order chi connectivity index (χ1) is 7.29. The van der Waals surface area contributed by atoms with Gasteiger partial charge in [-0.25, -0.2) is 17.6 Å². The zero-order valence-corrected chi connectivity index (χ0v) is 7.48. The van der Waals surface area contributed by atoms with Gasteiger partial charge in [0.1, 0.15) is 11.1 Å². The number of hydrogen-bond acceptors (Lipinski definition) is 2. The number of halogens is 4. The predicted molar refractivity (Wildman–Crippen MR) is 50.5 cm³/mol. The van der Waals surface area contributed by atoms with Gasteiger partial charge in [-0.15, -0.1) is 0 Å². The molecule has 0 saturated heterocycles. The van der Waals surface area contributed by atoms with Crippen LogP contribution in [-0.2, 0) is 0 Å². The summed E-state index contributed by atoms with van der Waals surface area (Å²) in [6.45, 7) is 0. The van der Waals surface area contributed by atoms with Crippen molar-refractivity contribution in [1.29, 1.82) is 0 Å². The first-order valence-electron chi connectivity index (χ1n) is 3.74. The van der Waals surface area contributed by atoms with Gasteiger partial charge in [-0.3, -0.25) is 9.59 Å². The van der Waals surface area contributed by atoms with E-state index in [1.807, 2.05) is 0 Å². The molecule has 17 heavy (non-hydrogen) atoms. The van der Waals surface area contributed by atoms with Crippen LogP contribution >= 0.6 is 0 Å². The van der Waals surface area contributed by atoms with Crippen molar-refractivity contribution in [2.75, 3.05) is 0 Å². The Bertz CT molecular complexity index is 433. The molecule has 0 aromatic heterocycles. The first-order valence-corrected chi connectivity index (χ1v) is 3.74. The van der Waals surface area contributed by atoms with Gasteiger partial charge in [0.15, 0.2) is 23.3 Å². The zero-order valence-electron chi connectivity index (χ0n) is 7.48. The molecule has 4 N–H and O–H groups in total. The fraction of sp³-hybridized carbons (Fsp3) is 0. The quantitative estimate of drug-likeness (QED) is 0.438. The van der Waals surface area contributed by atoms with Gasteiger partial charge >= 0.3 is 29.6 Å². The van der Waals surface area contributed by atoms with Crippen LogP contribution in [0, 0.1) is 23.3 Å². The van der Waals surface area contributed by atoms with Crippen molar-refractivity contribution in [1.82, 2.24) is 0 Å². The molecule has 1 aromatic rings. The zero-order chi connectivity index (χ0) is 12.6. The van der Waals surface area contributed by atoms with E-state index in [9.17, 15) is 27.2 Å². The number of nitrogens with two attached hydrogens (primary N) is 2. The molecule has 0 unspecified atom stereocenters. The second-order valence-electron chi connectivity index (χ2n) is 2.73. The Morgan fingerprint density at radius 3 is 1.00 bits per heavy atom. The molecule has 0 saturated carbocycles. The Hall–Kier alpha value is -1.12. The molecule has 0 radical (unpaired) electrons. The fourth-order valence-electron chi connectivity index (χ4n) is 1.06. The number of amides is 2. The van der Waals surface area contributed by atoms with E-state index in [2.05, 4.69) is 11.5 Å². The Morgan fingerprint density at radius 2 is 0.882 bits per heavy atom. The van der Waals surface area contributed by atoms with Crippen molar-refractivity contribution < 1.29 is 27.2 Å². The Balaban J connectivity index is 0.00000256. The van der Waals surface area contributed by atoms with Crippen LogP contribution in [0.3, 0.4) is 0 Å². The van der Waals surface area contributed by atoms with E-state index in [-0.39, 0.29) is 29.6 Å². The normalized spacial score (nSPS) is 9.65. The van der Waals surface area contributed by atoms with Crippen LogP contribution in [0.25, 0.3) is 0 Å². The van der Waals surface area contributed by atoms with Crippen molar-refractivity contribution in [2.24, 2.45) is 11.5 Å². The first kappa shape index (κ1) is 15.9. The second kappa shape index (κ2) is 5.48. The van der Waals surface area contributed by atoms with Gasteiger partial charge in [-0.05, 0) is 0 Å². The molecule has 0 aliphatic heterocycles. The van der Waals surface area contributed by atoms with Gasteiger partial charge in [0.05, 0.1) is 0 Å². The average Bonchev–Trinajstić information content (AvgIpc) is 2.14. The third-order valence-corrected chi connectivity index (χ3v) is 1.76. The molecule has 0 bridgehead atoms. The van der Waals surface area contributed by atoms with Crippen molar-refractivity contribution in [2.45, 2.75) is 0 Å². The molecule has 9 heteroatoms. The summed E-state index contributed by atoms with van der Waals surface area (Å²) in [7, 11) is 0. The molecular formula is C8H5F4N2NaO2. The van der Waals surface area contributed by atoms with Crippen LogP contribution < -0.4 is 11.5 Å². The summed E-state index contributed by atoms with van der Waals surface area (Å²) in [4.78, 5) is 21.0. The van der Waals surface area contributed by atoms with E-state index in [0.29, 0.717) is 0 Å². The molecule has 2 amide bonds. The Kier molecular flexibility index (Phi) is 5.12. The monoisotopic (exact) mass is 260 g/mol. The number of primary amides is 2. The third kappa shape index (κ3) is 2.59. The van der Waals surface area contributed by atoms with E-state index in [1.165, 1.54) is 0 Å². The molecule has 0 fully saturated rings. The average molecular weight is 260 g/mol. The predicted octanol–water partition coefficient (Wildman–Crippen LogP) is -0.208. The van der Waals surface area contributed by atoms with E-state index in [1.54, 1.807) is 0 Å².